The SMILES string of the molecule is CCN(CC1CCCCN1)S(=O)(=O)c1ccc(Br)cc1F. The molecule has 0 aliphatic carbocycles. The maximum Gasteiger partial charge on any atom is 0.246 e. The van der Waals surface area contributed by atoms with Crippen LogP contribution in [0.5, 0.6) is 0 Å². The molecule has 1 aliphatic rings. The van der Waals surface area contributed by atoms with Crippen molar-refractivity contribution in [1.29, 1.82) is 0 Å². The second-order valence-corrected chi connectivity index (χ2v) is 8.00. The molecular formula is C14H20BrFN2O2S. The summed E-state index contributed by atoms with van der Waals surface area (Å²) in [6, 6.07) is 4.18. The van der Waals surface area contributed by atoms with Crippen molar-refractivity contribution in [1.82, 2.24) is 9.62 Å². The number of likely N-dealkylation sites (N-methyl/N-ethyl adjacent to an activating group) is 1. The summed E-state index contributed by atoms with van der Waals surface area (Å²) in [5, 5.41) is 3.32. The number of rotatable bonds is 5. The summed E-state index contributed by atoms with van der Waals surface area (Å²) < 4.78 is 41.1. The van der Waals surface area contributed by atoms with E-state index in [9.17, 15) is 12.8 Å². The molecule has 7 heteroatoms. The lowest BCUT2D eigenvalue weighted by Crippen LogP contribution is -2.45. The average molecular weight is 379 g/mol. The van der Waals surface area contributed by atoms with Gasteiger partial charge in [0.05, 0.1) is 0 Å². The van der Waals surface area contributed by atoms with Gasteiger partial charge in [0, 0.05) is 23.6 Å². The highest BCUT2D eigenvalue weighted by molar-refractivity contribution is 9.10. The van der Waals surface area contributed by atoms with E-state index in [0.29, 0.717) is 17.6 Å². The van der Waals surface area contributed by atoms with Gasteiger partial charge < -0.3 is 5.32 Å². The quantitative estimate of drug-likeness (QED) is 0.856. The first-order chi connectivity index (χ1) is 9.95. The first-order valence-electron chi connectivity index (χ1n) is 7.13. The van der Waals surface area contributed by atoms with Gasteiger partial charge in [0.25, 0.3) is 0 Å². The van der Waals surface area contributed by atoms with Gasteiger partial charge in [0.2, 0.25) is 10.0 Å². The number of benzene rings is 1. The molecule has 1 heterocycles. The van der Waals surface area contributed by atoms with Crippen LogP contribution >= 0.6 is 15.9 Å². The van der Waals surface area contributed by atoms with Crippen molar-refractivity contribution in [2.75, 3.05) is 19.6 Å². The van der Waals surface area contributed by atoms with Crippen molar-refractivity contribution >= 4 is 26.0 Å². The first kappa shape index (κ1) is 16.9. The van der Waals surface area contributed by atoms with Crippen LogP contribution in [0.15, 0.2) is 27.6 Å². The summed E-state index contributed by atoms with van der Waals surface area (Å²) >= 11 is 3.14. The molecule has 1 saturated heterocycles. The molecule has 21 heavy (non-hydrogen) atoms. The summed E-state index contributed by atoms with van der Waals surface area (Å²) in [4.78, 5) is -0.261. The molecule has 1 N–H and O–H groups in total. The Morgan fingerprint density at radius 3 is 2.76 bits per heavy atom. The molecule has 4 nitrogen and oxygen atoms in total. The summed E-state index contributed by atoms with van der Waals surface area (Å²) in [5.41, 5.74) is 0. The number of sulfonamides is 1. The molecule has 1 aromatic carbocycles. The van der Waals surface area contributed by atoms with Crippen LogP contribution in [0, 0.1) is 5.82 Å². The highest BCUT2D eigenvalue weighted by Crippen LogP contribution is 2.23. The molecule has 0 bridgehead atoms. The predicted molar refractivity (Wildman–Crippen MR) is 84.2 cm³/mol. The summed E-state index contributed by atoms with van der Waals surface area (Å²) in [7, 11) is -3.80. The standard InChI is InChI=1S/C14H20BrFN2O2S/c1-2-18(10-12-5-3-4-8-17-12)21(19,20)14-7-6-11(15)9-13(14)16/h6-7,9,12,17H,2-5,8,10H2,1H3. The smallest absolute Gasteiger partial charge is 0.246 e. The first-order valence-corrected chi connectivity index (χ1v) is 9.37. The molecule has 118 valence electrons. The fraction of sp³-hybridized carbons (Fsp3) is 0.571. The maximum absolute atomic E-state index is 14.0. The van der Waals surface area contributed by atoms with Crippen molar-refractivity contribution in [3.8, 4) is 0 Å². The van der Waals surface area contributed by atoms with Gasteiger partial charge in [-0.1, -0.05) is 29.3 Å². The third-order valence-electron chi connectivity index (χ3n) is 3.70. The van der Waals surface area contributed by atoms with E-state index in [-0.39, 0.29) is 10.9 Å². The minimum absolute atomic E-state index is 0.145. The number of piperidine rings is 1. The molecule has 0 amide bonds. The van der Waals surface area contributed by atoms with E-state index in [1.165, 1.54) is 16.4 Å². The molecule has 1 unspecified atom stereocenters. The lowest BCUT2D eigenvalue weighted by atomic mass is 10.1. The average Bonchev–Trinajstić information content (AvgIpc) is 2.45. The number of hydrogen-bond donors (Lipinski definition) is 1. The Morgan fingerprint density at radius 1 is 1.43 bits per heavy atom. The Morgan fingerprint density at radius 2 is 2.19 bits per heavy atom. The number of nitrogens with zero attached hydrogens (tertiary/aromatic N) is 1. The third kappa shape index (κ3) is 4.03. The molecule has 1 aromatic rings. The number of halogens is 2. The summed E-state index contributed by atoms with van der Waals surface area (Å²) in [5.74, 6) is -0.723. The highest BCUT2D eigenvalue weighted by Gasteiger charge is 2.28. The Labute approximate surface area is 133 Å². The number of nitrogens with one attached hydrogen (secondary N) is 1. The van der Waals surface area contributed by atoms with Crippen LogP contribution in [0.25, 0.3) is 0 Å². The van der Waals surface area contributed by atoms with Crippen molar-refractivity contribution in [3.05, 3.63) is 28.5 Å². The van der Waals surface area contributed by atoms with Gasteiger partial charge in [-0.2, -0.15) is 4.31 Å². The molecule has 1 fully saturated rings. The van der Waals surface area contributed by atoms with E-state index in [1.54, 1.807) is 13.0 Å². The molecule has 1 atom stereocenters. The molecule has 1 aliphatic heterocycles. The lowest BCUT2D eigenvalue weighted by molar-refractivity contribution is 0.318. The van der Waals surface area contributed by atoms with Crippen LogP contribution in [-0.2, 0) is 10.0 Å². The zero-order chi connectivity index (χ0) is 15.5. The van der Waals surface area contributed by atoms with Crippen LogP contribution in [-0.4, -0.2) is 38.4 Å². The van der Waals surface area contributed by atoms with E-state index in [1.807, 2.05) is 0 Å². The van der Waals surface area contributed by atoms with E-state index < -0.39 is 15.8 Å². The van der Waals surface area contributed by atoms with E-state index in [4.69, 9.17) is 0 Å². The zero-order valence-corrected chi connectivity index (χ0v) is 14.4. The van der Waals surface area contributed by atoms with Gasteiger partial charge in [0.1, 0.15) is 10.7 Å². The van der Waals surface area contributed by atoms with E-state index >= 15 is 0 Å². The largest absolute Gasteiger partial charge is 0.313 e. The van der Waals surface area contributed by atoms with Gasteiger partial charge in [-0.3, -0.25) is 0 Å². The van der Waals surface area contributed by atoms with Gasteiger partial charge in [-0.25, -0.2) is 12.8 Å². The van der Waals surface area contributed by atoms with Crippen LogP contribution in [0.1, 0.15) is 26.2 Å². The predicted octanol–water partition coefficient (Wildman–Crippen LogP) is 2.74. The van der Waals surface area contributed by atoms with Crippen molar-refractivity contribution < 1.29 is 12.8 Å². The molecule has 0 aromatic heterocycles. The lowest BCUT2D eigenvalue weighted by Gasteiger charge is -2.29. The topological polar surface area (TPSA) is 49.4 Å². The fourth-order valence-corrected chi connectivity index (χ4v) is 4.42. The van der Waals surface area contributed by atoms with E-state index in [0.717, 1.165) is 25.8 Å². The molecule has 0 spiro atoms. The Bertz CT molecular complexity index is 589. The second-order valence-electron chi connectivity index (χ2n) is 5.18. The maximum atomic E-state index is 14.0. The van der Waals surface area contributed by atoms with Gasteiger partial charge in [-0.15, -0.1) is 0 Å². The van der Waals surface area contributed by atoms with E-state index in [2.05, 4.69) is 21.2 Å². The Balaban J connectivity index is 2.22. The molecule has 0 saturated carbocycles. The minimum atomic E-state index is -3.80. The number of hydrogen-bond acceptors (Lipinski definition) is 3. The summed E-state index contributed by atoms with van der Waals surface area (Å²) in [6.45, 7) is 3.40. The van der Waals surface area contributed by atoms with Gasteiger partial charge >= 0.3 is 0 Å². The summed E-state index contributed by atoms with van der Waals surface area (Å²) in [6.07, 6.45) is 3.17. The van der Waals surface area contributed by atoms with Gasteiger partial charge in [-0.05, 0) is 37.6 Å². The van der Waals surface area contributed by atoms with Crippen LogP contribution < -0.4 is 5.32 Å². The third-order valence-corrected chi connectivity index (χ3v) is 6.17. The van der Waals surface area contributed by atoms with Crippen molar-refractivity contribution in [2.24, 2.45) is 0 Å². The van der Waals surface area contributed by atoms with Crippen molar-refractivity contribution in [3.63, 3.8) is 0 Å². The van der Waals surface area contributed by atoms with Crippen LogP contribution in [0.3, 0.4) is 0 Å². The Kier molecular flexibility index (Phi) is 5.76. The van der Waals surface area contributed by atoms with Gasteiger partial charge in [0.15, 0.2) is 0 Å². The minimum Gasteiger partial charge on any atom is -0.313 e. The molecule has 2 rings (SSSR count). The highest BCUT2D eigenvalue weighted by atomic mass is 79.9. The second kappa shape index (κ2) is 7.17. The monoisotopic (exact) mass is 378 g/mol. The molecule has 0 radical (unpaired) electrons. The van der Waals surface area contributed by atoms with Crippen molar-refractivity contribution in [2.45, 2.75) is 37.1 Å². The van der Waals surface area contributed by atoms with Crippen LogP contribution in [0.2, 0.25) is 0 Å². The van der Waals surface area contributed by atoms with Crippen LogP contribution in [0.4, 0.5) is 4.39 Å². The Hall–Kier alpha value is -0.500. The normalized spacial score (nSPS) is 19.9. The zero-order valence-electron chi connectivity index (χ0n) is 12.0. The molecular weight excluding hydrogens is 359 g/mol. The fourth-order valence-electron chi connectivity index (χ4n) is 2.55.